The van der Waals surface area contributed by atoms with Crippen LogP contribution >= 0.6 is 23.1 Å². The summed E-state index contributed by atoms with van der Waals surface area (Å²) in [6, 6.07) is 23.7. The number of benzene rings is 3. The highest BCUT2D eigenvalue weighted by atomic mass is 32.2. The van der Waals surface area contributed by atoms with Gasteiger partial charge in [-0.15, -0.1) is 11.3 Å². The molecule has 4 aromatic rings. The van der Waals surface area contributed by atoms with Gasteiger partial charge < -0.3 is 0 Å². The van der Waals surface area contributed by atoms with Gasteiger partial charge in [0.05, 0.1) is 0 Å². The summed E-state index contributed by atoms with van der Waals surface area (Å²) in [5.41, 5.74) is 0. The van der Waals surface area contributed by atoms with Gasteiger partial charge in [0.15, 0.2) is 0 Å². The first kappa shape index (κ1) is 12.0. The fraction of sp³-hybridized carbons (Fsp3) is 0. The van der Waals surface area contributed by atoms with Crippen molar-refractivity contribution >= 4 is 44.0 Å². The van der Waals surface area contributed by atoms with Crippen molar-refractivity contribution in [3.63, 3.8) is 0 Å². The Bertz CT molecular complexity index is 876. The van der Waals surface area contributed by atoms with E-state index in [4.69, 9.17) is 0 Å². The first-order chi connectivity index (χ1) is 9.90. The SMILES string of the molecule is c1ccc(Sc2csc3cc4ccccc4cc23)cc1. The Labute approximate surface area is 126 Å². The van der Waals surface area contributed by atoms with Gasteiger partial charge in [0, 0.05) is 25.3 Å². The van der Waals surface area contributed by atoms with Gasteiger partial charge in [-0.2, -0.15) is 0 Å². The van der Waals surface area contributed by atoms with Crippen LogP contribution in [0.5, 0.6) is 0 Å². The quantitative estimate of drug-likeness (QED) is 0.423. The van der Waals surface area contributed by atoms with Gasteiger partial charge in [0.2, 0.25) is 0 Å². The van der Waals surface area contributed by atoms with Crippen molar-refractivity contribution in [2.24, 2.45) is 0 Å². The van der Waals surface area contributed by atoms with E-state index in [0.717, 1.165) is 0 Å². The van der Waals surface area contributed by atoms with Crippen molar-refractivity contribution in [1.82, 2.24) is 0 Å². The minimum atomic E-state index is 1.29. The van der Waals surface area contributed by atoms with E-state index in [9.17, 15) is 0 Å². The zero-order chi connectivity index (χ0) is 13.4. The van der Waals surface area contributed by atoms with Crippen LogP contribution in [0.25, 0.3) is 20.9 Å². The van der Waals surface area contributed by atoms with Crippen LogP contribution in [0.2, 0.25) is 0 Å². The Morgan fingerprint density at radius 3 is 2.25 bits per heavy atom. The van der Waals surface area contributed by atoms with Crippen LogP contribution in [-0.2, 0) is 0 Å². The third-order valence-electron chi connectivity index (χ3n) is 3.38. The third kappa shape index (κ3) is 2.11. The molecule has 0 aliphatic carbocycles. The van der Waals surface area contributed by atoms with E-state index in [2.05, 4.69) is 72.1 Å². The average molecular weight is 292 g/mol. The molecule has 0 unspecified atom stereocenters. The Morgan fingerprint density at radius 2 is 1.45 bits per heavy atom. The lowest BCUT2D eigenvalue weighted by molar-refractivity contribution is 1.45. The zero-order valence-corrected chi connectivity index (χ0v) is 12.4. The lowest BCUT2D eigenvalue weighted by Gasteiger charge is -2.02. The van der Waals surface area contributed by atoms with E-state index in [1.165, 1.54) is 30.6 Å². The van der Waals surface area contributed by atoms with Crippen LogP contribution in [0, 0.1) is 0 Å². The molecule has 3 aromatic carbocycles. The van der Waals surface area contributed by atoms with E-state index in [-0.39, 0.29) is 0 Å². The Hall–Kier alpha value is -1.77. The highest BCUT2D eigenvalue weighted by Crippen LogP contribution is 2.39. The van der Waals surface area contributed by atoms with Crippen molar-refractivity contribution in [1.29, 1.82) is 0 Å². The van der Waals surface area contributed by atoms with Crippen molar-refractivity contribution in [2.45, 2.75) is 9.79 Å². The van der Waals surface area contributed by atoms with Gasteiger partial charge in [-0.05, 0) is 35.0 Å². The molecule has 0 saturated heterocycles. The first-order valence-electron chi connectivity index (χ1n) is 6.53. The number of rotatable bonds is 2. The molecule has 0 fully saturated rings. The molecule has 0 radical (unpaired) electrons. The van der Waals surface area contributed by atoms with Gasteiger partial charge in [-0.25, -0.2) is 0 Å². The van der Waals surface area contributed by atoms with E-state index in [1.807, 2.05) is 23.1 Å². The summed E-state index contributed by atoms with van der Waals surface area (Å²) in [7, 11) is 0. The molecule has 96 valence electrons. The summed E-state index contributed by atoms with van der Waals surface area (Å²) in [5.74, 6) is 0. The molecular formula is C18H12S2. The average Bonchev–Trinajstić information content (AvgIpc) is 2.88. The molecule has 0 spiro atoms. The van der Waals surface area contributed by atoms with Gasteiger partial charge in [-0.1, -0.05) is 54.2 Å². The van der Waals surface area contributed by atoms with Crippen LogP contribution < -0.4 is 0 Å². The van der Waals surface area contributed by atoms with E-state index >= 15 is 0 Å². The highest BCUT2D eigenvalue weighted by Gasteiger charge is 2.07. The highest BCUT2D eigenvalue weighted by molar-refractivity contribution is 7.99. The lowest BCUT2D eigenvalue weighted by atomic mass is 10.1. The molecule has 0 amide bonds. The summed E-state index contributed by atoms with van der Waals surface area (Å²) in [5, 5.41) is 6.26. The monoisotopic (exact) mass is 292 g/mol. The van der Waals surface area contributed by atoms with Crippen molar-refractivity contribution in [3.8, 4) is 0 Å². The molecule has 0 aliphatic rings. The molecule has 0 saturated carbocycles. The van der Waals surface area contributed by atoms with E-state index in [1.54, 1.807) is 0 Å². The van der Waals surface area contributed by atoms with Gasteiger partial charge >= 0.3 is 0 Å². The zero-order valence-electron chi connectivity index (χ0n) is 10.7. The fourth-order valence-corrected chi connectivity index (χ4v) is 4.46. The summed E-state index contributed by atoms with van der Waals surface area (Å²) in [4.78, 5) is 2.64. The second-order valence-corrected chi connectivity index (χ2v) is 6.74. The number of hydrogen-bond donors (Lipinski definition) is 0. The van der Waals surface area contributed by atoms with Crippen LogP contribution in [-0.4, -0.2) is 0 Å². The first-order valence-corrected chi connectivity index (χ1v) is 8.23. The van der Waals surface area contributed by atoms with Gasteiger partial charge in [0.1, 0.15) is 0 Å². The summed E-state index contributed by atoms with van der Waals surface area (Å²) < 4.78 is 1.36. The third-order valence-corrected chi connectivity index (χ3v) is 5.54. The molecule has 0 nitrogen and oxygen atoms in total. The van der Waals surface area contributed by atoms with Crippen LogP contribution in [0.4, 0.5) is 0 Å². The number of hydrogen-bond acceptors (Lipinski definition) is 2. The Balaban J connectivity index is 1.86. The minimum absolute atomic E-state index is 1.29. The smallest absolute Gasteiger partial charge is 0.0360 e. The molecule has 0 aliphatic heterocycles. The molecule has 1 aromatic heterocycles. The standard InChI is InChI=1S/C18H12S2/c1-2-8-15(9-3-1)20-18-12-19-17-11-14-7-5-4-6-13(14)10-16(17)18/h1-12H. The molecule has 0 atom stereocenters. The second-order valence-electron chi connectivity index (χ2n) is 4.71. The minimum Gasteiger partial charge on any atom is -0.143 e. The number of thiophene rings is 1. The lowest BCUT2D eigenvalue weighted by Crippen LogP contribution is -1.74. The molecule has 0 bridgehead atoms. The maximum absolute atomic E-state index is 2.31. The molecule has 4 rings (SSSR count). The molecule has 2 heteroatoms. The van der Waals surface area contributed by atoms with Crippen molar-refractivity contribution in [3.05, 3.63) is 72.1 Å². The Morgan fingerprint density at radius 1 is 0.750 bits per heavy atom. The van der Waals surface area contributed by atoms with Gasteiger partial charge in [-0.3, -0.25) is 0 Å². The van der Waals surface area contributed by atoms with Crippen LogP contribution in [0.1, 0.15) is 0 Å². The van der Waals surface area contributed by atoms with Crippen LogP contribution in [0.15, 0.2) is 81.9 Å². The maximum Gasteiger partial charge on any atom is 0.0360 e. The normalized spacial score (nSPS) is 11.2. The number of fused-ring (bicyclic) bond motifs is 2. The summed E-state index contributed by atoms with van der Waals surface area (Å²) in [6.07, 6.45) is 0. The molecule has 0 N–H and O–H groups in total. The van der Waals surface area contributed by atoms with Crippen molar-refractivity contribution < 1.29 is 0 Å². The largest absolute Gasteiger partial charge is 0.143 e. The van der Waals surface area contributed by atoms with Gasteiger partial charge in [0.25, 0.3) is 0 Å². The Kier molecular flexibility index (Phi) is 2.98. The topological polar surface area (TPSA) is 0 Å². The van der Waals surface area contributed by atoms with Crippen LogP contribution in [0.3, 0.4) is 0 Å². The van der Waals surface area contributed by atoms with E-state index in [0.29, 0.717) is 0 Å². The molecular weight excluding hydrogens is 280 g/mol. The predicted molar refractivity (Wildman–Crippen MR) is 89.9 cm³/mol. The fourth-order valence-electron chi connectivity index (χ4n) is 2.38. The second kappa shape index (κ2) is 4.97. The van der Waals surface area contributed by atoms with E-state index < -0.39 is 0 Å². The van der Waals surface area contributed by atoms with Crippen molar-refractivity contribution in [2.75, 3.05) is 0 Å². The molecule has 20 heavy (non-hydrogen) atoms. The molecule has 1 heterocycles. The maximum atomic E-state index is 2.31. The summed E-state index contributed by atoms with van der Waals surface area (Å²) in [6.45, 7) is 0. The predicted octanol–water partition coefficient (Wildman–Crippen LogP) is 6.21. The summed E-state index contributed by atoms with van der Waals surface area (Å²) >= 11 is 3.67.